The van der Waals surface area contributed by atoms with Crippen molar-refractivity contribution in [3.63, 3.8) is 0 Å². The van der Waals surface area contributed by atoms with Gasteiger partial charge in [-0.05, 0) is 12.1 Å². The summed E-state index contributed by atoms with van der Waals surface area (Å²) < 4.78 is 0. The molecule has 1 rings (SSSR count). The van der Waals surface area contributed by atoms with Crippen molar-refractivity contribution in [2.75, 3.05) is 25.5 Å². The minimum Gasteiger partial charge on any atom is -0.395 e. The molecule has 0 heterocycles. The Morgan fingerprint density at radius 1 is 1.43 bits per heavy atom. The first-order valence-corrected chi connectivity index (χ1v) is 4.45. The van der Waals surface area contributed by atoms with Crippen LogP contribution < -0.4 is 10.6 Å². The Balaban J connectivity index is 2.85. The topological polar surface area (TPSA) is 61.4 Å². The van der Waals surface area contributed by atoms with Crippen LogP contribution in [0.2, 0.25) is 0 Å². The second kappa shape index (κ2) is 5.24. The van der Waals surface area contributed by atoms with Crippen LogP contribution >= 0.6 is 0 Å². The molecule has 0 aliphatic heterocycles. The number of rotatable bonds is 4. The molecule has 4 heteroatoms. The van der Waals surface area contributed by atoms with E-state index < -0.39 is 0 Å². The molecule has 0 bridgehead atoms. The molecule has 0 fully saturated rings. The van der Waals surface area contributed by atoms with Gasteiger partial charge in [0.2, 0.25) is 0 Å². The Kier molecular flexibility index (Phi) is 3.94. The van der Waals surface area contributed by atoms with Crippen LogP contribution in [-0.2, 0) is 0 Å². The maximum atomic E-state index is 11.4. The zero-order chi connectivity index (χ0) is 10.4. The first kappa shape index (κ1) is 10.5. The number of hydrogen-bond acceptors (Lipinski definition) is 3. The lowest BCUT2D eigenvalue weighted by atomic mass is 10.1. The predicted octanol–water partition coefficient (Wildman–Crippen LogP) is 0.450. The van der Waals surface area contributed by atoms with Crippen LogP contribution in [0.3, 0.4) is 0 Å². The van der Waals surface area contributed by atoms with E-state index in [2.05, 4.69) is 10.6 Å². The highest BCUT2D eigenvalue weighted by Crippen LogP contribution is 2.13. The second-order valence-corrected chi connectivity index (χ2v) is 2.78. The molecule has 0 aliphatic rings. The van der Waals surface area contributed by atoms with Crippen molar-refractivity contribution in [1.82, 2.24) is 5.32 Å². The maximum Gasteiger partial charge on any atom is 0.253 e. The van der Waals surface area contributed by atoms with Gasteiger partial charge in [0.05, 0.1) is 12.2 Å². The number of anilines is 1. The highest BCUT2D eigenvalue weighted by molar-refractivity contribution is 5.99. The Morgan fingerprint density at radius 3 is 2.79 bits per heavy atom. The third kappa shape index (κ3) is 2.47. The molecule has 0 unspecified atom stereocenters. The van der Waals surface area contributed by atoms with E-state index in [0.29, 0.717) is 12.1 Å². The molecule has 1 aromatic carbocycles. The first-order valence-electron chi connectivity index (χ1n) is 4.45. The fourth-order valence-corrected chi connectivity index (χ4v) is 1.16. The molecule has 14 heavy (non-hydrogen) atoms. The number of aliphatic hydroxyl groups excluding tert-OH is 1. The lowest BCUT2D eigenvalue weighted by Crippen LogP contribution is -2.20. The van der Waals surface area contributed by atoms with Crippen molar-refractivity contribution < 1.29 is 9.90 Å². The number of carbonyl (C=O) groups excluding carboxylic acids is 1. The van der Waals surface area contributed by atoms with E-state index in [1.54, 1.807) is 25.2 Å². The van der Waals surface area contributed by atoms with Gasteiger partial charge in [0.1, 0.15) is 0 Å². The second-order valence-electron chi connectivity index (χ2n) is 2.78. The molecule has 1 amide bonds. The largest absolute Gasteiger partial charge is 0.395 e. The highest BCUT2D eigenvalue weighted by atomic mass is 16.3. The van der Waals surface area contributed by atoms with Crippen LogP contribution in [0.15, 0.2) is 24.3 Å². The van der Waals surface area contributed by atoms with E-state index in [4.69, 9.17) is 5.11 Å². The summed E-state index contributed by atoms with van der Waals surface area (Å²) in [6.07, 6.45) is 0. The van der Waals surface area contributed by atoms with Gasteiger partial charge in [0.15, 0.2) is 0 Å². The van der Waals surface area contributed by atoms with E-state index in [9.17, 15) is 4.79 Å². The maximum absolute atomic E-state index is 11.4. The van der Waals surface area contributed by atoms with E-state index >= 15 is 0 Å². The van der Waals surface area contributed by atoms with Gasteiger partial charge in [-0.2, -0.15) is 0 Å². The number of para-hydroxylation sites is 1. The van der Waals surface area contributed by atoms with Crippen molar-refractivity contribution in [2.24, 2.45) is 0 Å². The van der Waals surface area contributed by atoms with E-state index in [1.807, 2.05) is 6.07 Å². The van der Waals surface area contributed by atoms with Gasteiger partial charge in [0.25, 0.3) is 5.91 Å². The number of aliphatic hydroxyl groups is 1. The third-order valence-electron chi connectivity index (χ3n) is 1.83. The summed E-state index contributed by atoms with van der Waals surface area (Å²) in [5.74, 6) is -0.133. The highest BCUT2D eigenvalue weighted by Gasteiger charge is 2.07. The van der Waals surface area contributed by atoms with Gasteiger partial charge >= 0.3 is 0 Å². The average molecular weight is 194 g/mol. The fraction of sp³-hybridized carbons (Fsp3) is 0.300. The molecule has 0 saturated heterocycles. The molecule has 0 spiro atoms. The number of hydrogen-bond donors (Lipinski definition) is 3. The molecule has 3 N–H and O–H groups in total. The van der Waals surface area contributed by atoms with Gasteiger partial charge in [0, 0.05) is 19.3 Å². The Bertz CT molecular complexity index is 313. The van der Waals surface area contributed by atoms with Crippen molar-refractivity contribution in [3.8, 4) is 0 Å². The third-order valence-corrected chi connectivity index (χ3v) is 1.83. The molecule has 1 aromatic rings. The predicted molar refractivity (Wildman–Crippen MR) is 55.4 cm³/mol. The van der Waals surface area contributed by atoms with Crippen LogP contribution in [0.5, 0.6) is 0 Å². The molecule has 76 valence electrons. The number of carbonyl (C=O) groups is 1. The van der Waals surface area contributed by atoms with E-state index in [0.717, 1.165) is 5.69 Å². The molecular formula is C10H14N2O2. The Labute approximate surface area is 82.9 Å². The number of benzene rings is 1. The quantitative estimate of drug-likeness (QED) is 0.652. The standard InChI is InChI=1S/C10H14N2O2/c1-11-10(14)8-4-2-3-5-9(8)12-6-7-13/h2-5,12-13H,6-7H2,1H3,(H,11,14). The summed E-state index contributed by atoms with van der Waals surface area (Å²) in [5, 5.41) is 14.2. The van der Waals surface area contributed by atoms with Crippen molar-refractivity contribution >= 4 is 11.6 Å². The van der Waals surface area contributed by atoms with Crippen LogP contribution in [0, 0.1) is 0 Å². The zero-order valence-corrected chi connectivity index (χ0v) is 8.08. The van der Waals surface area contributed by atoms with Crippen LogP contribution in [0.4, 0.5) is 5.69 Å². The minimum absolute atomic E-state index is 0.0437. The smallest absolute Gasteiger partial charge is 0.253 e. The van der Waals surface area contributed by atoms with Crippen LogP contribution in [0.1, 0.15) is 10.4 Å². The summed E-state index contributed by atoms with van der Waals surface area (Å²) in [4.78, 5) is 11.4. The molecule has 4 nitrogen and oxygen atoms in total. The summed E-state index contributed by atoms with van der Waals surface area (Å²) in [7, 11) is 1.59. The summed E-state index contributed by atoms with van der Waals surface area (Å²) in [6.45, 7) is 0.482. The number of nitrogens with one attached hydrogen (secondary N) is 2. The molecule has 0 aromatic heterocycles. The summed E-state index contributed by atoms with van der Waals surface area (Å²) >= 11 is 0. The first-order chi connectivity index (χ1) is 6.79. The zero-order valence-electron chi connectivity index (χ0n) is 8.08. The Morgan fingerprint density at radius 2 is 2.14 bits per heavy atom. The molecule has 0 saturated carbocycles. The van der Waals surface area contributed by atoms with Crippen LogP contribution in [0.25, 0.3) is 0 Å². The summed E-state index contributed by atoms with van der Waals surface area (Å²) in [5.41, 5.74) is 1.32. The lowest BCUT2D eigenvalue weighted by Gasteiger charge is -2.09. The molecule has 0 radical (unpaired) electrons. The Hall–Kier alpha value is -1.55. The molecule has 0 aliphatic carbocycles. The molecule has 0 atom stereocenters. The molecular weight excluding hydrogens is 180 g/mol. The fourth-order valence-electron chi connectivity index (χ4n) is 1.16. The SMILES string of the molecule is CNC(=O)c1ccccc1NCCO. The van der Waals surface area contributed by atoms with Gasteiger partial charge in [-0.15, -0.1) is 0 Å². The average Bonchev–Trinajstić information content (AvgIpc) is 2.25. The monoisotopic (exact) mass is 194 g/mol. The van der Waals surface area contributed by atoms with Gasteiger partial charge in [-0.3, -0.25) is 4.79 Å². The summed E-state index contributed by atoms with van der Waals surface area (Å²) in [6, 6.07) is 7.18. The normalized spacial score (nSPS) is 9.57. The van der Waals surface area contributed by atoms with Gasteiger partial charge < -0.3 is 15.7 Å². The van der Waals surface area contributed by atoms with Crippen LogP contribution in [-0.4, -0.2) is 31.2 Å². The van der Waals surface area contributed by atoms with E-state index in [1.165, 1.54) is 0 Å². The van der Waals surface area contributed by atoms with Crippen molar-refractivity contribution in [2.45, 2.75) is 0 Å². The van der Waals surface area contributed by atoms with Crippen molar-refractivity contribution in [3.05, 3.63) is 29.8 Å². The lowest BCUT2D eigenvalue weighted by molar-refractivity contribution is 0.0964. The van der Waals surface area contributed by atoms with E-state index in [-0.39, 0.29) is 12.5 Å². The minimum atomic E-state index is -0.133. The number of amides is 1. The van der Waals surface area contributed by atoms with Gasteiger partial charge in [-0.1, -0.05) is 12.1 Å². The van der Waals surface area contributed by atoms with Crippen molar-refractivity contribution in [1.29, 1.82) is 0 Å². The van der Waals surface area contributed by atoms with Gasteiger partial charge in [-0.25, -0.2) is 0 Å².